The fourth-order valence-corrected chi connectivity index (χ4v) is 4.36. The lowest BCUT2D eigenvalue weighted by Crippen LogP contribution is -2.42. The Kier molecular flexibility index (Phi) is 2.87. The third-order valence-corrected chi connectivity index (χ3v) is 5.73. The van der Waals surface area contributed by atoms with Gasteiger partial charge in [0, 0.05) is 43.0 Å². The second-order valence-corrected chi connectivity index (χ2v) is 7.15. The molecule has 2 aliphatic heterocycles. The molecule has 1 amide bonds. The van der Waals surface area contributed by atoms with Crippen LogP contribution in [0.3, 0.4) is 0 Å². The second-order valence-electron chi connectivity index (χ2n) is 7.15. The predicted molar refractivity (Wildman–Crippen MR) is 91.3 cm³/mol. The van der Waals surface area contributed by atoms with Gasteiger partial charge in [0.25, 0.3) is 5.91 Å². The fourth-order valence-electron chi connectivity index (χ4n) is 4.36. The smallest absolute Gasteiger partial charge is 0.258 e. The Morgan fingerprint density at radius 1 is 1.24 bits per heavy atom. The third-order valence-electron chi connectivity index (χ3n) is 5.73. The monoisotopic (exact) mass is 336 g/mol. The SMILES string of the molecule is Cc1cc2ncc3c(n2n1)C[C@@H]1CC[C@H]3N1C(=O)c1cnn(C)c1C. The Balaban J connectivity index is 1.61. The summed E-state index contributed by atoms with van der Waals surface area (Å²) in [6.45, 7) is 3.93. The van der Waals surface area contributed by atoms with Crippen molar-refractivity contribution in [2.45, 2.75) is 45.2 Å². The highest BCUT2D eigenvalue weighted by Gasteiger charge is 2.44. The van der Waals surface area contributed by atoms with Crippen molar-refractivity contribution in [1.29, 1.82) is 0 Å². The Bertz CT molecular complexity index is 1020. The number of rotatable bonds is 1. The normalized spacial score (nSPS) is 21.8. The Morgan fingerprint density at radius 3 is 2.84 bits per heavy atom. The van der Waals surface area contributed by atoms with Crippen molar-refractivity contribution in [2.75, 3.05) is 0 Å². The van der Waals surface area contributed by atoms with Crippen molar-refractivity contribution in [2.24, 2.45) is 7.05 Å². The zero-order valence-electron chi connectivity index (χ0n) is 14.6. The summed E-state index contributed by atoms with van der Waals surface area (Å²) in [5.41, 5.74) is 5.81. The number of aryl methyl sites for hydroxylation is 2. The molecule has 7 nitrogen and oxygen atoms in total. The number of fused-ring (bicyclic) bond motifs is 6. The molecular formula is C18H20N6O. The first-order valence-electron chi connectivity index (χ1n) is 8.70. The molecule has 0 aliphatic carbocycles. The van der Waals surface area contributed by atoms with Crippen LogP contribution >= 0.6 is 0 Å². The van der Waals surface area contributed by atoms with Gasteiger partial charge in [-0.25, -0.2) is 9.50 Å². The van der Waals surface area contributed by atoms with Crippen molar-refractivity contribution < 1.29 is 4.79 Å². The van der Waals surface area contributed by atoms with Gasteiger partial charge in [0.1, 0.15) is 0 Å². The van der Waals surface area contributed by atoms with Gasteiger partial charge in [-0.1, -0.05) is 0 Å². The van der Waals surface area contributed by atoms with Gasteiger partial charge in [0.15, 0.2) is 5.65 Å². The molecule has 2 atom stereocenters. The van der Waals surface area contributed by atoms with Crippen LogP contribution in [0.5, 0.6) is 0 Å². The summed E-state index contributed by atoms with van der Waals surface area (Å²) < 4.78 is 3.72. The van der Waals surface area contributed by atoms with E-state index < -0.39 is 0 Å². The predicted octanol–water partition coefficient (Wildman–Crippen LogP) is 1.98. The topological polar surface area (TPSA) is 68.3 Å². The molecular weight excluding hydrogens is 316 g/mol. The summed E-state index contributed by atoms with van der Waals surface area (Å²) in [6, 6.07) is 2.31. The number of amides is 1. The Morgan fingerprint density at radius 2 is 2.08 bits per heavy atom. The van der Waals surface area contributed by atoms with E-state index in [1.54, 1.807) is 10.9 Å². The molecule has 2 bridgehead atoms. The van der Waals surface area contributed by atoms with Crippen LogP contribution in [-0.4, -0.2) is 41.2 Å². The number of carbonyl (C=O) groups excluding carboxylic acids is 1. The van der Waals surface area contributed by atoms with Crippen LogP contribution in [0.25, 0.3) is 5.65 Å². The number of aromatic nitrogens is 5. The molecule has 3 aromatic heterocycles. The Labute approximate surface area is 145 Å². The average Bonchev–Trinajstić information content (AvgIpc) is 3.23. The highest BCUT2D eigenvalue weighted by atomic mass is 16.2. The van der Waals surface area contributed by atoms with E-state index >= 15 is 0 Å². The highest BCUT2D eigenvalue weighted by Crippen LogP contribution is 2.44. The lowest BCUT2D eigenvalue weighted by atomic mass is 9.98. The zero-order valence-corrected chi connectivity index (χ0v) is 14.6. The van der Waals surface area contributed by atoms with Crippen LogP contribution in [0.4, 0.5) is 0 Å². The van der Waals surface area contributed by atoms with Crippen LogP contribution in [0, 0.1) is 13.8 Å². The third kappa shape index (κ3) is 1.92. The molecule has 5 heterocycles. The molecule has 0 saturated carbocycles. The van der Waals surface area contributed by atoms with Crippen LogP contribution < -0.4 is 0 Å². The highest BCUT2D eigenvalue weighted by molar-refractivity contribution is 5.96. The molecule has 0 radical (unpaired) electrons. The van der Waals surface area contributed by atoms with E-state index in [0.717, 1.165) is 41.9 Å². The first kappa shape index (κ1) is 14.6. The van der Waals surface area contributed by atoms with E-state index in [2.05, 4.69) is 20.1 Å². The molecule has 2 aliphatic rings. The van der Waals surface area contributed by atoms with Gasteiger partial charge < -0.3 is 4.90 Å². The minimum absolute atomic E-state index is 0.0838. The van der Waals surface area contributed by atoms with E-state index in [0.29, 0.717) is 5.56 Å². The maximum atomic E-state index is 13.2. The average molecular weight is 336 g/mol. The van der Waals surface area contributed by atoms with Crippen molar-refractivity contribution in [3.8, 4) is 0 Å². The van der Waals surface area contributed by atoms with Crippen LogP contribution in [-0.2, 0) is 13.5 Å². The molecule has 3 aromatic rings. The molecule has 0 aromatic carbocycles. The number of hydrogen-bond acceptors (Lipinski definition) is 4. The van der Waals surface area contributed by atoms with Gasteiger partial charge in [-0.15, -0.1) is 0 Å². The first-order chi connectivity index (χ1) is 12.0. The van der Waals surface area contributed by atoms with Crippen LogP contribution in [0.2, 0.25) is 0 Å². The summed E-state index contributed by atoms with van der Waals surface area (Å²) in [5.74, 6) is 0.0838. The second kappa shape index (κ2) is 4.91. The van der Waals surface area contributed by atoms with Gasteiger partial charge in [0.2, 0.25) is 0 Å². The van der Waals surface area contributed by atoms with Gasteiger partial charge >= 0.3 is 0 Å². The summed E-state index contributed by atoms with van der Waals surface area (Å²) >= 11 is 0. The summed E-state index contributed by atoms with van der Waals surface area (Å²) in [6.07, 6.45) is 6.46. The van der Waals surface area contributed by atoms with E-state index in [4.69, 9.17) is 0 Å². The minimum Gasteiger partial charge on any atom is -0.328 e. The van der Waals surface area contributed by atoms with Crippen molar-refractivity contribution in [3.63, 3.8) is 0 Å². The molecule has 5 rings (SSSR count). The lowest BCUT2D eigenvalue weighted by molar-refractivity contribution is 0.0642. The summed E-state index contributed by atoms with van der Waals surface area (Å²) in [5, 5.41) is 8.84. The molecule has 25 heavy (non-hydrogen) atoms. The van der Waals surface area contributed by atoms with Crippen LogP contribution in [0.1, 0.15) is 51.9 Å². The summed E-state index contributed by atoms with van der Waals surface area (Å²) in [7, 11) is 1.87. The molecule has 0 unspecified atom stereocenters. The van der Waals surface area contributed by atoms with E-state index in [1.807, 2.05) is 37.7 Å². The molecule has 0 spiro atoms. The quantitative estimate of drug-likeness (QED) is 0.681. The molecule has 1 fully saturated rings. The largest absolute Gasteiger partial charge is 0.328 e. The minimum atomic E-state index is 0.0838. The van der Waals surface area contributed by atoms with Crippen LogP contribution in [0.15, 0.2) is 18.5 Å². The summed E-state index contributed by atoms with van der Waals surface area (Å²) in [4.78, 5) is 19.8. The van der Waals surface area contributed by atoms with Crippen molar-refractivity contribution in [1.82, 2.24) is 29.3 Å². The van der Waals surface area contributed by atoms with E-state index in [9.17, 15) is 4.79 Å². The number of carbonyl (C=O) groups is 1. The van der Waals surface area contributed by atoms with Gasteiger partial charge in [-0.2, -0.15) is 10.2 Å². The standard InChI is InChI=1S/C18H20N6O/c1-10-6-17-19-8-14-15-5-4-12(7-16(14)24(17)21-10)23(15)18(25)13-9-20-22(3)11(13)2/h6,8-9,12,15H,4-5,7H2,1-3H3/t12-,15+/m0/s1. The zero-order chi connectivity index (χ0) is 17.3. The van der Waals surface area contributed by atoms with E-state index in [-0.39, 0.29) is 18.0 Å². The maximum Gasteiger partial charge on any atom is 0.258 e. The maximum absolute atomic E-state index is 13.2. The lowest BCUT2D eigenvalue weighted by Gasteiger charge is -2.36. The number of hydrogen-bond donors (Lipinski definition) is 0. The van der Waals surface area contributed by atoms with Crippen molar-refractivity contribution >= 4 is 11.6 Å². The molecule has 128 valence electrons. The van der Waals surface area contributed by atoms with E-state index in [1.165, 1.54) is 5.69 Å². The molecule has 1 saturated heterocycles. The molecule has 7 heteroatoms. The number of nitrogens with zero attached hydrogens (tertiary/aromatic N) is 6. The van der Waals surface area contributed by atoms with Gasteiger partial charge in [-0.05, 0) is 26.7 Å². The van der Waals surface area contributed by atoms with Gasteiger partial charge in [0.05, 0.1) is 29.2 Å². The molecule has 0 N–H and O–H groups in total. The Hall–Kier alpha value is -2.70. The fraction of sp³-hybridized carbons (Fsp3) is 0.444. The first-order valence-corrected chi connectivity index (χ1v) is 8.70. The van der Waals surface area contributed by atoms with Gasteiger partial charge in [-0.3, -0.25) is 9.48 Å². The van der Waals surface area contributed by atoms with Crippen molar-refractivity contribution in [3.05, 3.63) is 46.7 Å².